The summed E-state index contributed by atoms with van der Waals surface area (Å²) >= 11 is 3.45. The first-order valence-corrected chi connectivity index (χ1v) is 8.26. The van der Waals surface area contributed by atoms with E-state index in [2.05, 4.69) is 21.2 Å². The molecule has 0 aliphatic carbocycles. The summed E-state index contributed by atoms with van der Waals surface area (Å²) in [5.74, 6) is -0.475. The van der Waals surface area contributed by atoms with Crippen molar-refractivity contribution in [1.29, 1.82) is 0 Å². The molecule has 1 heterocycles. The molecule has 0 bridgehead atoms. The number of nitrogens with zero attached hydrogens (tertiary/aromatic N) is 1. The largest absolute Gasteiger partial charge is 0.325 e. The number of nitrogens with one attached hydrogen (secondary N) is 1. The van der Waals surface area contributed by atoms with Gasteiger partial charge in [-0.1, -0.05) is 24.3 Å². The molecular weight excluding hydrogens is 356 g/mol. The highest BCUT2D eigenvalue weighted by molar-refractivity contribution is 9.10. The molecule has 1 fully saturated rings. The number of rotatable bonds is 3. The second-order valence-corrected chi connectivity index (χ2v) is 6.57. The van der Waals surface area contributed by atoms with E-state index in [4.69, 9.17) is 0 Å². The average molecular weight is 373 g/mol. The van der Waals surface area contributed by atoms with E-state index in [-0.39, 0.29) is 24.2 Å². The molecule has 3 rings (SSSR count). The lowest BCUT2D eigenvalue weighted by atomic mass is 10.1. The van der Waals surface area contributed by atoms with Crippen LogP contribution in [0.2, 0.25) is 0 Å². The lowest BCUT2D eigenvalue weighted by Crippen LogP contribution is -2.28. The van der Waals surface area contributed by atoms with Gasteiger partial charge in [0, 0.05) is 23.1 Å². The van der Waals surface area contributed by atoms with Gasteiger partial charge in [-0.05, 0) is 52.7 Å². The van der Waals surface area contributed by atoms with Crippen molar-refractivity contribution >= 4 is 39.1 Å². The topological polar surface area (TPSA) is 49.4 Å². The summed E-state index contributed by atoms with van der Waals surface area (Å²) in [4.78, 5) is 26.3. The number of hydrogen-bond donors (Lipinski definition) is 1. The maximum atomic E-state index is 12.5. The second-order valence-electron chi connectivity index (χ2n) is 5.71. The number of benzene rings is 2. The first kappa shape index (κ1) is 15.7. The zero-order valence-corrected chi connectivity index (χ0v) is 14.3. The third-order valence-electron chi connectivity index (χ3n) is 3.95. The molecule has 1 aliphatic rings. The van der Waals surface area contributed by atoms with E-state index in [1.54, 1.807) is 4.90 Å². The Morgan fingerprint density at radius 3 is 2.65 bits per heavy atom. The van der Waals surface area contributed by atoms with E-state index < -0.39 is 0 Å². The van der Waals surface area contributed by atoms with Crippen LogP contribution in [0, 0.1) is 12.8 Å². The lowest BCUT2D eigenvalue weighted by Gasteiger charge is -2.16. The van der Waals surface area contributed by atoms with Crippen LogP contribution >= 0.6 is 15.9 Å². The predicted molar refractivity (Wildman–Crippen MR) is 94.4 cm³/mol. The number of hydrogen-bond acceptors (Lipinski definition) is 2. The minimum Gasteiger partial charge on any atom is -0.325 e. The molecule has 0 radical (unpaired) electrons. The Hall–Kier alpha value is -2.14. The normalized spacial score (nSPS) is 17.4. The predicted octanol–water partition coefficient (Wildman–Crippen LogP) is 3.75. The van der Waals surface area contributed by atoms with Gasteiger partial charge in [0.05, 0.1) is 11.6 Å². The van der Waals surface area contributed by atoms with E-state index in [0.717, 1.165) is 21.4 Å². The highest BCUT2D eigenvalue weighted by Gasteiger charge is 2.35. The van der Waals surface area contributed by atoms with Crippen molar-refractivity contribution in [2.24, 2.45) is 5.92 Å². The molecule has 0 saturated carbocycles. The van der Waals surface area contributed by atoms with Crippen LogP contribution in [-0.4, -0.2) is 18.4 Å². The Labute approximate surface area is 143 Å². The fourth-order valence-corrected chi connectivity index (χ4v) is 3.29. The van der Waals surface area contributed by atoms with Crippen molar-refractivity contribution in [2.45, 2.75) is 13.3 Å². The highest BCUT2D eigenvalue weighted by Crippen LogP contribution is 2.28. The van der Waals surface area contributed by atoms with Gasteiger partial charge in [-0.2, -0.15) is 0 Å². The van der Waals surface area contributed by atoms with E-state index in [9.17, 15) is 9.59 Å². The Balaban J connectivity index is 1.71. The zero-order chi connectivity index (χ0) is 16.4. The average Bonchev–Trinajstić information content (AvgIpc) is 2.93. The lowest BCUT2D eigenvalue weighted by molar-refractivity contribution is -0.122. The maximum absolute atomic E-state index is 12.5. The van der Waals surface area contributed by atoms with Gasteiger partial charge in [0.2, 0.25) is 11.8 Å². The van der Waals surface area contributed by atoms with Crippen LogP contribution in [0.3, 0.4) is 0 Å². The van der Waals surface area contributed by atoms with Crippen LogP contribution in [0.4, 0.5) is 11.4 Å². The molecular formula is C18H17BrN2O2. The monoisotopic (exact) mass is 372 g/mol. The maximum Gasteiger partial charge on any atom is 0.229 e. The van der Waals surface area contributed by atoms with Crippen molar-refractivity contribution in [1.82, 2.24) is 0 Å². The fraction of sp³-hybridized carbons (Fsp3) is 0.222. The molecule has 118 valence electrons. The Morgan fingerprint density at radius 2 is 1.96 bits per heavy atom. The molecule has 2 aromatic rings. The van der Waals surface area contributed by atoms with Gasteiger partial charge in [0.1, 0.15) is 0 Å². The number of amides is 2. The number of anilines is 2. The molecule has 4 nitrogen and oxygen atoms in total. The summed E-state index contributed by atoms with van der Waals surface area (Å²) in [5.41, 5.74) is 2.68. The number of aryl methyl sites for hydroxylation is 1. The summed E-state index contributed by atoms with van der Waals surface area (Å²) in [6.45, 7) is 2.40. The van der Waals surface area contributed by atoms with Crippen LogP contribution in [0.15, 0.2) is 53.0 Å². The fourth-order valence-electron chi connectivity index (χ4n) is 2.70. The van der Waals surface area contributed by atoms with Crippen molar-refractivity contribution in [2.75, 3.05) is 16.8 Å². The van der Waals surface area contributed by atoms with E-state index >= 15 is 0 Å². The van der Waals surface area contributed by atoms with Crippen molar-refractivity contribution in [3.63, 3.8) is 0 Å². The second kappa shape index (κ2) is 6.54. The van der Waals surface area contributed by atoms with Crippen molar-refractivity contribution in [3.05, 3.63) is 58.6 Å². The smallest absolute Gasteiger partial charge is 0.229 e. The molecule has 1 aliphatic heterocycles. The number of halogens is 1. The molecule has 1 saturated heterocycles. The number of carbonyl (C=O) groups is 2. The molecule has 23 heavy (non-hydrogen) atoms. The summed E-state index contributed by atoms with van der Waals surface area (Å²) < 4.78 is 0.843. The summed E-state index contributed by atoms with van der Waals surface area (Å²) in [5, 5.41) is 2.91. The first-order chi connectivity index (χ1) is 11.0. The molecule has 0 spiro atoms. The van der Waals surface area contributed by atoms with Crippen molar-refractivity contribution in [3.8, 4) is 0 Å². The quantitative estimate of drug-likeness (QED) is 0.891. The van der Waals surface area contributed by atoms with Gasteiger partial charge in [0.25, 0.3) is 0 Å². The van der Waals surface area contributed by atoms with E-state index in [0.29, 0.717) is 6.54 Å². The Morgan fingerprint density at radius 1 is 1.22 bits per heavy atom. The Kier molecular flexibility index (Phi) is 4.48. The first-order valence-electron chi connectivity index (χ1n) is 7.47. The van der Waals surface area contributed by atoms with E-state index in [1.807, 2.05) is 55.5 Å². The molecule has 2 amide bonds. The standard InChI is InChI=1S/C18H17BrN2O2/c1-12-7-8-16(15(19)9-12)20-18(23)13-10-17(22)21(11-13)14-5-3-2-4-6-14/h2-9,13H,10-11H2,1H3,(H,20,23)/t13-/m0/s1. The molecule has 1 N–H and O–H groups in total. The highest BCUT2D eigenvalue weighted by atomic mass is 79.9. The summed E-state index contributed by atoms with van der Waals surface area (Å²) in [6, 6.07) is 15.2. The van der Waals surface area contributed by atoms with Gasteiger partial charge in [-0.15, -0.1) is 0 Å². The Bertz CT molecular complexity index is 746. The molecule has 1 atom stereocenters. The van der Waals surface area contributed by atoms with Crippen LogP contribution in [0.5, 0.6) is 0 Å². The van der Waals surface area contributed by atoms with Crippen LogP contribution < -0.4 is 10.2 Å². The molecule has 0 unspecified atom stereocenters. The van der Waals surface area contributed by atoms with Crippen molar-refractivity contribution < 1.29 is 9.59 Å². The summed E-state index contributed by atoms with van der Waals surface area (Å²) in [6.07, 6.45) is 0.240. The minimum absolute atomic E-state index is 0.0145. The molecule has 0 aromatic heterocycles. The van der Waals surface area contributed by atoms with Gasteiger partial charge in [-0.25, -0.2) is 0 Å². The van der Waals surface area contributed by atoms with Crippen LogP contribution in [-0.2, 0) is 9.59 Å². The SMILES string of the molecule is Cc1ccc(NC(=O)[C@H]2CC(=O)N(c3ccccc3)C2)c(Br)c1. The van der Waals surface area contributed by atoms with Gasteiger partial charge >= 0.3 is 0 Å². The third kappa shape index (κ3) is 3.45. The summed E-state index contributed by atoms with van der Waals surface area (Å²) in [7, 11) is 0. The van der Waals surface area contributed by atoms with Gasteiger partial charge < -0.3 is 10.2 Å². The third-order valence-corrected chi connectivity index (χ3v) is 4.60. The molecule has 5 heteroatoms. The van der Waals surface area contributed by atoms with Gasteiger partial charge in [-0.3, -0.25) is 9.59 Å². The zero-order valence-electron chi connectivity index (χ0n) is 12.8. The molecule has 2 aromatic carbocycles. The van der Waals surface area contributed by atoms with Crippen LogP contribution in [0.25, 0.3) is 0 Å². The number of para-hydroxylation sites is 1. The van der Waals surface area contributed by atoms with E-state index in [1.165, 1.54) is 0 Å². The number of carbonyl (C=O) groups excluding carboxylic acids is 2. The van der Waals surface area contributed by atoms with Gasteiger partial charge in [0.15, 0.2) is 0 Å². The minimum atomic E-state index is -0.337. The van der Waals surface area contributed by atoms with Crippen LogP contribution in [0.1, 0.15) is 12.0 Å².